The molecule has 5 heteroatoms. The number of nitrogens with two attached hydrogens (primary N) is 1. The van der Waals surface area contributed by atoms with Crippen molar-refractivity contribution in [1.29, 1.82) is 0 Å². The van der Waals surface area contributed by atoms with E-state index in [4.69, 9.17) is 14.9 Å². The highest BCUT2D eigenvalue weighted by atomic mass is 16.5. The van der Waals surface area contributed by atoms with E-state index in [2.05, 4.69) is 4.90 Å². The van der Waals surface area contributed by atoms with Gasteiger partial charge >= 0.3 is 5.97 Å². The fourth-order valence-corrected chi connectivity index (χ4v) is 2.22. The summed E-state index contributed by atoms with van der Waals surface area (Å²) in [4.78, 5) is 13.9. The maximum absolute atomic E-state index is 11.8. The molecule has 0 bridgehead atoms. The van der Waals surface area contributed by atoms with Gasteiger partial charge in [-0.25, -0.2) is 4.79 Å². The van der Waals surface area contributed by atoms with Gasteiger partial charge in [0.25, 0.3) is 0 Å². The van der Waals surface area contributed by atoms with Crippen LogP contribution in [-0.4, -0.2) is 19.6 Å². The van der Waals surface area contributed by atoms with E-state index in [0.717, 1.165) is 23.6 Å². The Kier molecular flexibility index (Phi) is 4.52. The summed E-state index contributed by atoms with van der Waals surface area (Å²) in [6.07, 6.45) is 1.65. The summed E-state index contributed by atoms with van der Waals surface area (Å²) in [7, 11) is 1.35. The summed E-state index contributed by atoms with van der Waals surface area (Å²) in [6.45, 7) is 5.34. The highest BCUT2D eigenvalue weighted by Crippen LogP contribution is 2.27. The van der Waals surface area contributed by atoms with Gasteiger partial charge in [-0.05, 0) is 43.7 Å². The highest BCUT2D eigenvalue weighted by Gasteiger charge is 2.16. The van der Waals surface area contributed by atoms with E-state index in [0.29, 0.717) is 17.8 Å². The number of carbonyl (C=O) groups is 1. The highest BCUT2D eigenvalue weighted by molar-refractivity contribution is 5.97. The van der Waals surface area contributed by atoms with Gasteiger partial charge in [-0.3, -0.25) is 0 Å². The first-order chi connectivity index (χ1) is 10.1. The fraction of sp³-hybridized carbons (Fsp3) is 0.312. The van der Waals surface area contributed by atoms with Crippen LogP contribution in [0, 0.1) is 6.92 Å². The standard InChI is InChI=1S/C16H20N2O3/c1-4-18(10-13-6-5-7-21-13)12-8-11(2)15(17)14(9-12)16(19)20-3/h5-9H,4,10,17H2,1-3H3. The van der Waals surface area contributed by atoms with Gasteiger partial charge in [0.2, 0.25) is 0 Å². The van der Waals surface area contributed by atoms with E-state index >= 15 is 0 Å². The number of carbonyl (C=O) groups excluding carboxylic acids is 1. The van der Waals surface area contributed by atoms with Crippen molar-refractivity contribution in [2.45, 2.75) is 20.4 Å². The quantitative estimate of drug-likeness (QED) is 0.676. The number of hydrogen-bond donors (Lipinski definition) is 1. The molecule has 0 amide bonds. The average Bonchev–Trinajstić information content (AvgIpc) is 2.99. The van der Waals surface area contributed by atoms with Crippen molar-refractivity contribution >= 4 is 17.3 Å². The molecule has 2 N–H and O–H groups in total. The first-order valence-corrected chi connectivity index (χ1v) is 6.82. The van der Waals surface area contributed by atoms with Crippen LogP contribution in [0.5, 0.6) is 0 Å². The van der Waals surface area contributed by atoms with E-state index in [1.165, 1.54) is 7.11 Å². The van der Waals surface area contributed by atoms with Gasteiger partial charge < -0.3 is 19.8 Å². The van der Waals surface area contributed by atoms with Crippen molar-refractivity contribution in [2.24, 2.45) is 0 Å². The second-order valence-electron chi connectivity index (χ2n) is 4.81. The zero-order valence-corrected chi connectivity index (χ0v) is 12.6. The van der Waals surface area contributed by atoms with Crippen LogP contribution < -0.4 is 10.6 Å². The second-order valence-corrected chi connectivity index (χ2v) is 4.81. The molecule has 0 saturated carbocycles. The Morgan fingerprint density at radius 2 is 2.19 bits per heavy atom. The van der Waals surface area contributed by atoms with Gasteiger partial charge in [-0.1, -0.05) is 0 Å². The van der Waals surface area contributed by atoms with E-state index < -0.39 is 5.97 Å². The first kappa shape index (κ1) is 15.0. The van der Waals surface area contributed by atoms with Crippen LogP contribution in [0.15, 0.2) is 34.9 Å². The Morgan fingerprint density at radius 1 is 1.43 bits per heavy atom. The number of methoxy groups -OCH3 is 1. The summed E-state index contributed by atoms with van der Waals surface area (Å²) in [5.74, 6) is 0.442. The molecule has 1 aromatic heterocycles. The molecule has 2 rings (SSSR count). The lowest BCUT2D eigenvalue weighted by Gasteiger charge is -2.23. The molecule has 0 spiro atoms. The molecule has 112 valence electrons. The first-order valence-electron chi connectivity index (χ1n) is 6.82. The van der Waals surface area contributed by atoms with Crippen molar-refractivity contribution in [2.75, 3.05) is 24.3 Å². The van der Waals surface area contributed by atoms with E-state index in [9.17, 15) is 4.79 Å². The second kappa shape index (κ2) is 6.35. The molecule has 0 aliphatic heterocycles. The predicted molar refractivity (Wildman–Crippen MR) is 82.4 cm³/mol. The smallest absolute Gasteiger partial charge is 0.340 e. The molecule has 0 unspecified atom stereocenters. The molecular weight excluding hydrogens is 268 g/mol. The number of nitrogens with zero attached hydrogens (tertiary/aromatic N) is 1. The van der Waals surface area contributed by atoms with Gasteiger partial charge in [-0.15, -0.1) is 0 Å². The molecule has 0 fully saturated rings. The molecule has 0 radical (unpaired) electrons. The van der Waals surface area contributed by atoms with Crippen LogP contribution in [0.1, 0.15) is 28.6 Å². The molecular formula is C16H20N2O3. The van der Waals surface area contributed by atoms with Crippen molar-refractivity contribution in [1.82, 2.24) is 0 Å². The molecule has 5 nitrogen and oxygen atoms in total. The normalized spacial score (nSPS) is 10.4. The van der Waals surface area contributed by atoms with E-state index in [1.807, 2.05) is 32.0 Å². The number of benzene rings is 1. The van der Waals surface area contributed by atoms with E-state index in [-0.39, 0.29) is 0 Å². The number of hydrogen-bond acceptors (Lipinski definition) is 5. The largest absolute Gasteiger partial charge is 0.467 e. The molecule has 0 aliphatic carbocycles. The lowest BCUT2D eigenvalue weighted by molar-refractivity contribution is 0.0602. The fourth-order valence-electron chi connectivity index (χ4n) is 2.22. The number of ether oxygens (including phenoxy) is 1. The van der Waals surface area contributed by atoms with Crippen LogP contribution in [0.3, 0.4) is 0 Å². The molecule has 1 heterocycles. The minimum atomic E-state index is -0.425. The van der Waals surface area contributed by atoms with Gasteiger partial charge in [-0.2, -0.15) is 0 Å². The summed E-state index contributed by atoms with van der Waals surface area (Å²) >= 11 is 0. The number of furan rings is 1. The molecule has 2 aromatic rings. The predicted octanol–water partition coefficient (Wildman–Crippen LogP) is 2.98. The van der Waals surface area contributed by atoms with Gasteiger partial charge in [0.15, 0.2) is 0 Å². The lowest BCUT2D eigenvalue weighted by Crippen LogP contribution is -2.22. The lowest BCUT2D eigenvalue weighted by atomic mass is 10.1. The van der Waals surface area contributed by atoms with Crippen molar-refractivity contribution < 1.29 is 13.9 Å². The zero-order valence-electron chi connectivity index (χ0n) is 12.6. The number of aryl methyl sites for hydroxylation is 1. The van der Waals surface area contributed by atoms with Crippen LogP contribution in [0.2, 0.25) is 0 Å². The molecule has 0 atom stereocenters. The van der Waals surface area contributed by atoms with Crippen LogP contribution in [0.4, 0.5) is 11.4 Å². The van der Waals surface area contributed by atoms with E-state index in [1.54, 1.807) is 12.3 Å². The molecule has 1 aromatic carbocycles. The minimum Gasteiger partial charge on any atom is -0.467 e. The monoisotopic (exact) mass is 288 g/mol. The maximum Gasteiger partial charge on any atom is 0.340 e. The SMILES string of the molecule is CCN(Cc1ccco1)c1cc(C)c(N)c(C(=O)OC)c1. The third kappa shape index (κ3) is 3.18. The van der Waals surface area contributed by atoms with Crippen LogP contribution in [0.25, 0.3) is 0 Å². The summed E-state index contributed by atoms with van der Waals surface area (Å²) in [6, 6.07) is 7.51. The Morgan fingerprint density at radius 3 is 2.76 bits per heavy atom. The summed E-state index contributed by atoms with van der Waals surface area (Å²) in [5, 5.41) is 0. The zero-order chi connectivity index (χ0) is 15.4. The summed E-state index contributed by atoms with van der Waals surface area (Å²) in [5.41, 5.74) is 8.59. The Hall–Kier alpha value is -2.43. The topological polar surface area (TPSA) is 68.7 Å². The van der Waals surface area contributed by atoms with Crippen molar-refractivity contribution in [3.63, 3.8) is 0 Å². The third-order valence-electron chi connectivity index (χ3n) is 3.45. The van der Waals surface area contributed by atoms with Crippen molar-refractivity contribution in [3.8, 4) is 0 Å². The number of anilines is 2. The van der Waals surface area contributed by atoms with Crippen molar-refractivity contribution in [3.05, 3.63) is 47.4 Å². The Balaban J connectivity index is 2.37. The van der Waals surface area contributed by atoms with Crippen LogP contribution >= 0.6 is 0 Å². The molecule has 21 heavy (non-hydrogen) atoms. The Bertz CT molecular complexity index is 621. The minimum absolute atomic E-state index is 0.394. The van der Waals surface area contributed by atoms with Crippen LogP contribution in [-0.2, 0) is 11.3 Å². The van der Waals surface area contributed by atoms with Gasteiger partial charge in [0, 0.05) is 17.9 Å². The number of nitrogen functional groups attached to an aromatic ring is 1. The number of rotatable bonds is 5. The molecule has 0 aliphatic rings. The Labute approximate surface area is 124 Å². The summed E-state index contributed by atoms with van der Waals surface area (Å²) < 4.78 is 10.2. The van der Waals surface area contributed by atoms with Gasteiger partial charge in [0.1, 0.15) is 5.76 Å². The number of esters is 1. The maximum atomic E-state index is 11.8. The molecule has 0 saturated heterocycles. The third-order valence-corrected chi connectivity index (χ3v) is 3.45. The van der Waals surface area contributed by atoms with Gasteiger partial charge in [0.05, 0.1) is 25.5 Å². The average molecular weight is 288 g/mol.